The van der Waals surface area contributed by atoms with Crippen LogP contribution < -0.4 is 25.4 Å². The molecule has 1 fully saturated rings. The predicted molar refractivity (Wildman–Crippen MR) is 164 cm³/mol. The van der Waals surface area contributed by atoms with Crippen molar-refractivity contribution in [3.63, 3.8) is 0 Å². The van der Waals surface area contributed by atoms with E-state index in [0.717, 1.165) is 5.56 Å². The number of carbonyl (C=O) groups is 2. The summed E-state index contributed by atoms with van der Waals surface area (Å²) in [6, 6.07) is 13.1. The van der Waals surface area contributed by atoms with Crippen LogP contribution in [0, 0.1) is 0 Å². The molecule has 6 heterocycles. The normalized spacial score (nSPS) is 19.5. The zero-order chi connectivity index (χ0) is 33.1. The largest absolute Gasteiger partial charge is 0.494 e. The van der Waals surface area contributed by atoms with E-state index in [1.165, 1.54) is 0 Å². The van der Waals surface area contributed by atoms with E-state index in [1.54, 1.807) is 41.3 Å². The minimum absolute atomic E-state index is 0.00238. The Balaban J connectivity index is 1.41. The Morgan fingerprint density at radius 3 is 2.33 bits per heavy atom. The molecular formula is C31H37F3N8O4. The van der Waals surface area contributed by atoms with Crippen LogP contribution in [0.5, 0.6) is 11.8 Å². The van der Waals surface area contributed by atoms with Crippen LogP contribution >= 0.6 is 0 Å². The summed E-state index contributed by atoms with van der Waals surface area (Å²) >= 11 is 0. The third-order valence-corrected chi connectivity index (χ3v) is 7.43. The van der Waals surface area contributed by atoms with Gasteiger partial charge in [-0.15, -0.1) is 0 Å². The first-order valence-electron chi connectivity index (χ1n) is 14.8. The molecule has 12 nitrogen and oxygen atoms in total. The van der Waals surface area contributed by atoms with Crippen molar-refractivity contribution in [1.82, 2.24) is 30.1 Å². The molecule has 1 aromatic heterocycles. The van der Waals surface area contributed by atoms with E-state index in [-0.39, 0.29) is 36.9 Å². The summed E-state index contributed by atoms with van der Waals surface area (Å²) in [4.78, 5) is 42.6. The fraction of sp³-hybridized carbons (Fsp3) is 0.452. The van der Waals surface area contributed by atoms with Crippen LogP contribution in [-0.2, 0) is 6.54 Å². The number of aromatic nitrogens is 3. The predicted octanol–water partition coefficient (Wildman–Crippen LogP) is 4.98. The van der Waals surface area contributed by atoms with Gasteiger partial charge in [-0.05, 0) is 76.1 Å². The molecule has 3 N–H and O–H groups in total. The highest BCUT2D eigenvalue weighted by Crippen LogP contribution is 2.33. The molecule has 0 aliphatic carbocycles. The summed E-state index contributed by atoms with van der Waals surface area (Å²) in [6.45, 7) is 8.13. The monoisotopic (exact) mass is 642 g/mol. The first kappa shape index (κ1) is 32.6. The average Bonchev–Trinajstić information content (AvgIpc) is 3.25. The molecule has 246 valence electrons. The van der Waals surface area contributed by atoms with Gasteiger partial charge in [-0.1, -0.05) is 12.1 Å². The van der Waals surface area contributed by atoms with Crippen molar-refractivity contribution in [2.24, 2.45) is 0 Å². The third-order valence-electron chi connectivity index (χ3n) is 7.43. The number of rotatable bonds is 2. The van der Waals surface area contributed by atoms with Crippen LogP contribution in [0.1, 0.15) is 50.0 Å². The molecule has 8 bridgehead atoms. The summed E-state index contributed by atoms with van der Waals surface area (Å²) in [7, 11) is 0. The fourth-order valence-electron chi connectivity index (χ4n) is 5.57. The number of hydrogen-bond donors (Lipinski definition) is 3. The van der Waals surface area contributed by atoms with E-state index in [9.17, 15) is 22.8 Å². The maximum absolute atomic E-state index is 13.5. The number of amides is 3. The van der Waals surface area contributed by atoms with Gasteiger partial charge in [-0.2, -0.15) is 28.1 Å². The SMILES string of the molecule is CC(C)(C)N1C(=O)N2CCCOc3ccc(cc3)CNc3nc(nc(OCC(F)(F)F)n3)Nc3ccc(cc3)C(=O)NCC1(C)C2. The van der Waals surface area contributed by atoms with Gasteiger partial charge < -0.3 is 35.2 Å². The molecule has 2 aromatic carbocycles. The van der Waals surface area contributed by atoms with Crippen molar-refractivity contribution in [1.29, 1.82) is 0 Å². The lowest BCUT2D eigenvalue weighted by atomic mass is 9.94. The van der Waals surface area contributed by atoms with E-state index >= 15 is 0 Å². The van der Waals surface area contributed by atoms with Crippen LogP contribution in [0.3, 0.4) is 0 Å². The van der Waals surface area contributed by atoms with Crippen molar-refractivity contribution in [2.45, 2.75) is 57.9 Å². The molecule has 3 amide bonds. The highest BCUT2D eigenvalue weighted by Gasteiger charge is 2.50. The molecule has 46 heavy (non-hydrogen) atoms. The van der Waals surface area contributed by atoms with Crippen molar-refractivity contribution in [2.75, 3.05) is 43.5 Å². The van der Waals surface area contributed by atoms with Gasteiger partial charge >= 0.3 is 18.2 Å². The maximum Gasteiger partial charge on any atom is 0.422 e. The maximum atomic E-state index is 13.5. The molecule has 8 rings (SSSR count). The van der Waals surface area contributed by atoms with Gasteiger partial charge in [0.2, 0.25) is 11.9 Å². The Morgan fingerprint density at radius 2 is 1.65 bits per heavy atom. The first-order chi connectivity index (χ1) is 21.7. The zero-order valence-electron chi connectivity index (χ0n) is 26.1. The summed E-state index contributed by atoms with van der Waals surface area (Å²) in [6.07, 6.45) is -3.97. The number of urea groups is 1. The lowest BCUT2D eigenvalue weighted by Gasteiger charge is -2.42. The van der Waals surface area contributed by atoms with Crippen LogP contribution in [0.2, 0.25) is 0 Å². The summed E-state index contributed by atoms with van der Waals surface area (Å²) in [5.74, 6) is 0.263. The molecule has 15 heteroatoms. The molecular weight excluding hydrogens is 605 g/mol. The van der Waals surface area contributed by atoms with Crippen molar-refractivity contribution < 1.29 is 32.2 Å². The number of benzene rings is 2. The van der Waals surface area contributed by atoms with Crippen molar-refractivity contribution in [3.8, 4) is 11.8 Å². The van der Waals surface area contributed by atoms with Gasteiger partial charge in [0.1, 0.15) is 5.75 Å². The second-order valence-corrected chi connectivity index (χ2v) is 12.5. The van der Waals surface area contributed by atoms with Crippen LogP contribution in [0.4, 0.5) is 35.5 Å². The van der Waals surface area contributed by atoms with Gasteiger partial charge in [-0.25, -0.2) is 4.79 Å². The molecule has 1 atom stereocenters. The second kappa shape index (κ2) is 12.9. The standard InChI is InChI=1S/C31H37F3N8O4/c1-29(2,3)42-28(44)41-14-5-15-45-23-12-6-20(7-13-23)16-35-25-38-26(40-27(39-25)46-19-31(32,33)34)37-22-10-8-21(9-11-22)24(43)36-17-30(42,4)18-41/h6-13H,5,14-19H2,1-4H3,(H,36,43)(H2,35,37,38,39,40). The third kappa shape index (κ3) is 8.06. The number of nitrogens with one attached hydrogen (secondary N) is 3. The molecule has 5 aliphatic rings. The Labute approximate surface area is 264 Å². The van der Waals surface area contributed by atoms with Gasteiger partial charge in [0, 0.05) is 43.0 Å². The van der Waals surface area contributed by atoms with E-state index in [4.69, 9.17) is 9.47 Å². The molecule has 0 saturated carbocycles. The average molecular weight is 643 g/mol. The van der Waals surface area contributed by atoms with E-state index < -0.39 is 29.9 Å². The van der Waals surface area contributed by atoms with Crippen LogP contribution in [-0.4, -0.2) is 86.8 Å². The summed E-state index contributed by atoms with van der Waals surface area (Å²) in [5.41, 5.74) is 0.549. The van der Waals surface area contributed by atoms with Crippen LogP contribution in [0.15, 0.2) is 48.5 Å². The van der Waals surface area contributed by atoms with Crippen molar-refractivity contribution >= 4 is 29.5 Å². The van der Waals surface area contributed by atoms with E-state index in [0.29, 0.717) is 43.1 Å². The Bertz CT molecular complexity index is 1550. The van der Waals surface area contributed by atoms with Gasteiger partial charge in [0.05, 0.1) is 12.1 Å². The first-order valence-corrected chi connectivity index (χ1v) is 14.8. The molecule has 5 aliphatic heterocycles. The molecule has 0 spiro atoms. The number of carbonyl (C=O) groups excluding carboxylic acids is 2. The molecule has 1 unspecified atom stereocenters. The second-order valence-electron chi connectivity index (χ2n) is 12.5. The zero-order valence-corrected chi connectivity index (χ0v) is 26.1. The van der Waals surface area contributed by atoms with E-state index in [2.05, 4.69) is 30.9 Å². The minimum Gasteiger partial charge on any atom is -0.494 e. The molecule has 3 aromatic rings. The molecule has 0 radical (unpaired) electrons. The number of nitrogens with zero attached hydrogens (tertiary/aromatic N) is 5. The number of ether oxygens (including phenoxy) is 2. The quantitative estimate of drug-likeness (QED) is 0.354. The Morgan fingerprint density at radius 1 is 0.957 bits per heavy atom. The minimum atomic E-state index is -4.58. The van der Waals surface area contributed by atoms with Crippen LogP contribution in [0.25, 0.3) is 0 Å². The highest BCUT2D eigenvalue weighted by molar-refractivity contribution is 5.94. The fourth-order valence-corrected chi connectivity index (χ4v) is 5.57. The van der Waals surface area contributed by atoms with Gasteiger partial charge in [0.25, 0.3) is 5.91 Å². The Kier molecular flexibility index (Phi) is 9.13. The topological polar surface area (TPSA) is 134 Å². The Hall–Kier alpha value is -4.82. The van der Waals surface area contributed by atoms with Gasteiger partial charge in [0.15, 0.2) is 6.61 Å². The molecule has 1 saturated heterocycles. The number of alkyl halides is 3. The highest BCUT2D eigenvalue weighted by atomic mass is 19.4. The summed E-state index contributed by atoms with van der Waals surface area (Å²) in [5, 5.41) is 8.90. The van der Waals surface area contributed by atoms with Gasteiger partial charge in [-0.3, -0.25) is 4.79 Å². The summed E-state index contributed by atoms with van der Waals surface area (Å²) < 4.78 is 49.2. The van der Waals surface area contributed by atoms with E-state index in [1.807, 2.05) is 44.7 Å². The lowest BCUT2D eigenvalue weighted by molar-refractivity contribution is -0.154. The van der Waals surface area contributed by atoms with Crippen molar-refractivity contribution in [3.05, 3.63) is 59.7 Å². The number of anilines is 3. The lowest BCUT2D eigenvalue weighted by Crippen LogP contribution is -2.59. The smallest absolute Gasteiger partial charge is 0.422 e. The number of hydrogen-bond acceptors (Lipinski definition) is 9. The number of halogens is 3.